The van der Waals surface area contributed by atoms with Crippen LogP contribution in [0.3, 0.4) is 0 Å². The second-order valence-corrected chi connectivity index (χ2v) is 12.9. The molecule has 1 saturated carbocycles. The van der Waals surface area contributed by atoms with Gasteiger partial charge in [0.2, 0.25) is 0 Å². The van der Waals surface area contributed by atoms with Gasteiger partial charge >= 0.3 is 0 Å². The molecular formula is C42H39NO. The van der Waals surface area contributed by atoms with Gasteiger partial charge in [-0.25, -0.2) is 0 Å². The van der Waals surface area contributed by atoms with Crippen molar-refractivity contribution < 1.29 is 18.1 Å². The normalized spacial score (nSPS) is 20.5. The van der Waals surface area contributed by atoms with Crippen molar-refractivity contribution in [2.75, 3.05) is 0 Å². The van der Waals surface area contributed by atoms with Crippen LogP contribution in [0, 0.1) is 26.0 Å². The molecule has 0 N–H and O–H groups in total. The van der Waals surface area contributed by atoms with Crippen LogP contribution in [0.4, 0.5) is 0 Å². The fourth-order valence-corrected chi connectivity index (χ4v) is 6.97. The Morgan fingerprint density at radius 2 is 1.48 bits per heavy atom. The summed E-state index contributed by atoms with van der Waals surface area (Å²) in [6, 6.07) is 25.4. The number of furan rings is 1. The zero-order valence-corrected chi connectivity index (χ0v) is 24.8. The Morgan fingerprint density at radius 1 is 0.705 bits per heavy atom. The van der Waals surface area contributed by atoms with Crippen molar-refractivity contribution in [3.05, 3.63) is 113 Å². The molecule has 44 heavy (non-hydrogen) atoms. The SMILES string of the molecule is [2H]C([2H])([2H])c1cnc(-c2ccc(C([2H])([2H])[2H])c3c2oc2c3ccc3ccc4ccccc4c32)cc1-c1ccc(C2([2H])CCC(C)(C)CC2)cc1C([2H])([2H])[2H]. The van der Waals surface area contributed by atoms with Crippen LogP contribution in [-0.2, 0) is 0 Å². The molecule has 1 fully saturated rings. The van der Waals surface area contributed by atoms with E-state index in [0.29, 0.717) is 46.0 Å². The highest BCUT2D eigenvalue weighted by molar-refractivity contribution is 6.24. The van der Waals surface area contributed by atoms with Gasteiger partial charge in [0.25, 0.3) is 0 Å². The van der Waals surface area contributed by atoms with Gasteiger partial charge in [-0.15, -0.1) is 0 Å². The predicted octanol–water partition coefficient (Wildman–Crippen LogP) is 12.2. The van der Waals surface area contributed by atoms with E-state index in [-0.39, 0.29) is 38.8 Å². The van der Waals surface area contributed by atoms with Crippen molar-refractivity contribution in [1.82, 2.24) is 4.98 Å². The molecule has 218 valence electrons. The van der Waals surface area contributed by atoms with Crippen molar-refractivity contribution in [2.24, 2.45) is 5.41 Å². The van der Waals surface area contributed by atoms with E-state index in [1.165, 1.54) is 12.3 Å². The Kier molecular flexibility index (Phi) is 4.21. The van der Waals surface area contributed by atoms with Crippen LogP contribution in [0.25, 0.3) is 65.9 Å². The smallest absolute Gasteiger partial charge is 0.145 e. The van der Waals surface area contributed by atoms with Gasteiger partial charge in [-0.1, -0.05) is 80.6 Å². The highest BCUT2D eigenvalue weighted by Crippen LogP contribution is 2.45. The molecule has 0 unspecified atom stereocenters. The Hall–Kier alpha value is -4.43. The van der Waals surface area contributed by atoms with Crippen molar-refractivity contribution in [3.8, 4) is 22.4 Å². The molecule has 8 rings (SSSR count). The summed E-state index contributed by atoms with van der Waals surface area (Å²) in [7, 11) is 0. The quantitative estimate of drug-likeness (QED) is 0.193. The van der Waals surface area contributed by atoms with E-state index in [0.717, 1.165) is 34.4 Å². The maximum Gasteiger partial charge on any atom is 0.145 e. The van der Waals surface area contributed by atoms with E-state index >= 15 is 0 Å². The Morgan fingerprint density at radius 3 is 2.32 bits per heavy atom. The van der Waals surface area contributed by atoms with Crippen LogP contribution in [0.5, 0.6) is 0 Å². The van der Waals surface area contributed by atoms with Crippen molar-refractivity contribution in [3.63, 3.8) is 0 Å². The van der Waals surface area contributed by atoms with E-state index in [9.17, 15) is 1.37 Å². The Bertz CT molecular complexity index is 2620. The molecule has 5 aromatic carbocycles. The van der Waals surface area contributed by atoms with Crippen molar-refractivity contribution in [1.29, 1.82) is 0 Å². The molecule has 0 saturated heterocycles. The summed E-state index contributed by atoms with van der Waals surface area (Å²) in [5.74, 6) is -0.961. The average molecular weight is 584 g/mol. The van der Waals surface area contributed by atoms with E-state index in [4.69, 9.17) is 16.8 Å². The molecule has 2 heteroatoms. The lowest BCUT2D eigenvalue weighted by Gasteiger charge is -2.34. The summed E-state index contributed by atoms with van der Waals surface area (Å²) in [4.78, 5) is 4.60. The number of hydrogen-bond acceptors (Lipinski definition) is 2. The van der Waals surface area contributed by atoms with Crippen molar-refractivity contribution in [2.45, 2.75) is 66.0 Å². The van der Waals surface area contributed by atoms with Crippen LogP contribution < -0.4 is 0 Å². The molecule has 0 spiro atoms. The van der Waals surface area contributed by atoms with Crippen LogP contribution in [0.1, 0.15) is 81.4 Å². The monoisotopic (exact) mass is 583 g/mol. The maximum atomic E-state index is 9.35. The number of aryl methyl sites for hydroxylation is 3. The number of hydrogen-bond donors (Lipinski definition) is 0. The van der Waals surface area contributed by atoms with Gasteiger partial charge in [0.05, 0.1) is 5.69 Å². The molecule has 2 heterocycles. The van der Waals surface area contributed by atoms with Gasteiger partial charge in [0.15, 0.2) is 0 Å². The highest BCUT2D eigenvalue weighted by atomic mass is 16.3. The lowest BCUT2D eigenvalue weighted by molar-refractivity contribution is 0.224. The summed E-state index contributed by atoms with van der Waals surface area (Å²) >= 11 is 0. The van der Waals surface area contributed by atoms with Crippen molar-refractivity contribution >= 4 is 43.5 Å². The minimum atomic E-state index is -2.64. The molecule has 7 aromatic rings. The number of aromatic nitrogens is 1. The van der Waals surface area contributed by atoms with Crippen LogP contribution in [0.15, 0.2) is 95.5 Å². The molecule has 2 nitrogen and oxygen atoms in total. The second-order valence-electron chi connectivity index (χ2n) is 12.9. The lowest BCUT2D eigenvalue weighted by atomic mass is 9.71. The molecule has 2 aromatic heterocycles. The molecular weight excluding hydrogens is 534 g/mol. The van der Waals surface area contributed by atoms with E-state index < -0.39 is 26.4 Å². The molecule has 0 radical (unpaired) electrons. The van der Waals surface area contributed by atoms with E-state index in [1.807, 2.05) is 48.5 Å². The summed E-state index contributed by atoms with van der Waals surface area (Å²) in [6.07, 6.45) is 4.09. The van der Waals surface area contributed by atoms with Gasteiger partial charge in [-0.05, 0) is 125 Å². The summed E-state index contributed by atoms with van der Waals surface area (Å²) in [6.45, 7) is -3.38. The average Bonchev–Trinajstić information content (AvgIpc) is 3.50. The summed E-state index contributed by atoms with van der Waals surface area (Å²) in [5, 5.41) is 4.74. The number of fused-ring (bicyclic) bond motifs is 7. The zero-order chi connectivity index (χ0) is 38.6. The minimum Gasteiger partial charge on any atom is -0.455 e. The minimum absolute atomic E-state index is 0.0379. The van der Waals surface area contributed by atoms with E-state index in [2.05, 4.69) is 18.8 Å². The van der Waals surface area contributed by atoms with Gasteiger partial charge in [0.1, 0.15) is 11.2 Å². The third-order valence-corrected chi connectivity index (χ3v) is 9.60. The number of rotatable bonds is 3. The van der Waals surface area contributed by atoms with Gasteiger partial charge < -0.3 is 4.42 Å². The number of benzene rings is 5. The predicted molar refractivity (Wildman–Crippen MR) is 187 cm³/mol. The first-order chi connectivity index (χ1) is 25.3. The maximum absolute atomic E-state index is 9.35. The number of pyridine rings is 1. The van der Waals surface area contributed by atoms with Gasteiger partial charge in [-0.3, -0.25) is 4.98 Å². The zero-order valence-electron chi connectivity index (χ0n) is 34.8. The third-order valence-electron chi connectivity index (χ3n) is 9.60. The number of nitrogens with zero attached hydrogens (tertiary/aromatic N) is 1. The van der Waals surface area contributed by atoms with Gasteiger partial charge in [0, 0.05) is 41.6 Å². The highest BCUT2D eigenvalue weighted by Gasteiger charge is 2.28. The summed E-state index contributed by atoms with van der Waals surface area (Å²) in [5.41, 5.74) is 2.56. The molecule has 1 aliphatic carbocycles. The lowest BCUT2D eigenvalue weighted by Crippen LogP contribution is -2.20. The third kappa shape index (κ3) is 4.34. The summed E-state index contributed by atoms with van der Waals surface area (Å²) < 4.78 is 92.3. The molecule has 0 bridgehead atoms. The first-order valence-electron chi connectivity index (χ1n) is 20.2. The molecule has 0 aliphatic heterocycles. The first kappa shape index (κ1) is 18.4. The van der Waals surface area contributed by atoms with Crippen LogP contribution >= 0.6 is 0 Å². The Labute approximate surface area is 273 Å². The molecule has 1 aliphatic rings. The first-order valence-corrected chi connectivity index (χ1v) is 15.2. The fraction of sp³-hybridized carbons (Fsp3) is 0.262. The van der Waals surface area contributed by atoms with Crippen LogP contribution in [0.2, 0.25) is 0 Å². The Balaban J connectivity index is 1.38. The largest absolute Gasteiger partial charge is 0.455 e. The standard InChI is InChI=1S/C42H39NO/c1-25-10-15-34(40-38(25)35-17-13-30-12-11-29-8-6-7-9-33(29)39(30)41(35)44-40)37-23-36(27(3)24-43-37)32-16-14-31(22-26(32)2)28-18-20-42(4,5)21-19-28/h6-17,22-24,28H,18-21H2,1-5H3/i1D3,2D3,3D3,28D. The topological polar surface area (TPSA) is 26.0 Å². The van der Waals surface area contributed by atoms with E-state index in [1.54, 1.807) is 30.3 Å². The molecule has 0 atom stereocenters. The van der Waals surface area contributed by atoms with Crippen LogP contribution in [-0.4, -0.2) is 4.98 Å². The fourth-order valence-electron chi connectivity index (χ4n) is 6.97. The molecule has 0 amide bonds. The second kappa shape index (κ2) is 10.1. The van der Waals surface area contributed by atoms with Gasteiger partial charge in [-0.2, -0.15) is 0 Å².